The molecular weight excluding hydrogens is 334 g/mol. The van der Waals surface area contributed by atoms with Crippen molar-refractivity contribution in [2.24, 2.45) is 0 Å². The van der Waals surface area contributed by atoms with Gasteiger partial charge in [-0.25, -0.2) is 4.79 Å². The third kappa shape index (κ3) is 3.06. The van der Waals surface area contributed by atoms with Crippen molar-refractivity contribution in [1.29, 1.82) is 0 Å². The second kappa shape index (κ2) is 6.84. The highest BCUT2D eigenvalue weighted by Crippen LogP contribution is 2.32. The third-order valence-electron chi connectivity index (χ3n) is 4.88. The zero-order valence-electron chi connectivity index (χ0n) is 14.4. The Labute approximate surface area is 151 Å². The molecule has 0 fully saturated rings. The summed E-state index contributed by atoms with van der Waals surface area (Å²) in [7, 11) is 0. The van der Waals surface area contributed by atoms with Gasteiger partial charge in [-0.1, -0.05) is 12.1 Å². The monoisotopic (exact) mass is 355 g/mol. The van der Waals surface area contributed by atoms with Crippen LogP contribution in [0.1, 0.15) is 33.7 Å². The largest absolute Gasteiger partial charge is 0.476 e. The first-order chi connectivity index (χ1) is 12.7. The number of fused-ring (bicyclic) bond motifs is 2. The molecule has 1 aromatic carbocycles. The van der Waals surface area contributed by atoms with Gasteiger partial charge in [0.25, 0.3) is 0 Å². The second-order valence-corrected chi connectivity index (χ2v) is 6.56. The van der Waals surface area contributed by atoms with E-state index in [0.717, 1.165) is 41.2 Å². The molecule has 0 amide bonds. The molecule has 1 aliphatic heterocycles. The van der Waals surface area contributed by atoms with Crippen molar-refractivity contribution in [3.63, 3.8) is 0 Å². The molecule has 0 bridgehead atoms. The van der Waals surface area contributed by atoms with Crippen molar-refractivity contribution in [3.8, 4) is 11.5 Å². The molecule has 0 saturated carbocycles. The Morgan fingerprint density at radius 3 is 3.08 bits per heavy atom. The van der Waals surface area contributed by atoms with E-state index in [1.54, 1.807) is 10.8 Å². The molecule has 0 unspecified atom stereocenters. The molecule has 26 heavy (non-hydrogen) atoms. The van der Waals surface area contributed by atoms with E-state index in [-0.39, 0.29) is 18.5 Å². The molecule has 4 rings (SSSR count). The molecule has 136 valence electrons. The van der Waals surface area contributed by atoms with Gasteiger partial charge in [0.15, 0.2) is 17.2 Å². The summed E-state index contributed by atoms with van der Waals surface area (Å²) in [5.41, 5.74) is 3.13. The lowest BCUT2D eigenvalue weighted by Gasteiger charge is -2.24. The van der Waals surface area contributed by atoms with Crippen LogP contribution in [0.4, 0.5) is 0 Å². The quantitative estimate of drug-likeness (QED) is 0.772. The number of benzene rings is 1. The maximum atomic E-state index is 11.5. The Hall–Kier alpha value is -2.80. The first-order valence-electron chi connectivity index (χ1n) is 8.70. The molecule has 2 aliphatic rings. The van der Waals surface area contributed by atoms with Crippen LogP contribution in [-0.4, -0.2) is 33.7 Å². The summed E-state index contributed by atoms with van der Waals surface area (Å²) in [6.45, 7) is 5.22. The van der Waals surface area contributed by atoms with E-state index in [4.69, 9.17) is 9.47 Å². The highest BCUT2D eigenvalue weighted by molar-refractivity contribution is 5.87. The minimum Gasteiger partial charge on any atom is -0.476 e. The van der Waals surface area contributed by atoms with Crippen LogP contribution >= 0.6 is 0 Å². The lowest BCUT2D eigenvalue weighted by Crippen LogP contribution is -2.34. The fourth-order valence-corrected chi connectivity index (χ4v) is 3.62. The predicted molar refractivity (Wildman–Crippen MR) is 94.6 cm³/mol. The topological polar surface area (TPSA) is 85.6 Å². The van der Waals surface area contributed by atoms with Gasteiger partial charge in [0.1, 0.15) is 0 Å². The Balaban J connectivity index is 1.46. The lowest BCUT2D eigenvalue weighted by atomic mass is 9.91. The van der Waals surface area contributed by atoms with E-state index in [0.29, 0.717) is 19.5 Å². The Bertz CT molecular complexity index is 859. The van der Waals surface area contributed by atoms with Gasteiger partial charge in [-0.2, -0.15) is 5.10 Å². The van der Waals surface area contributed by atoms with Gasteiger partial charge in [-0.05, 0) is 37.0 Å². The zero-order valence-corrected chi connectivity index (χ0v) is 14.4. The summed E-state index contributed by atoms with van der Waals surface area (Å²) in [5, 5.41) is 17.2. The number of aromatic carboxylic acids is 1. The summed E-state index contributed by atoms with van der Waals surface area (Å²) in [4.78, 5) is 11.5. The average Bonchev–Trinajstić information content (AvgIpc) is 3.24. The van der Waals surface area contributed by atoms with Gasteiger partial charge in [0.05, 0.1) is 6.54 Å². The molecule has 0 spiro atoms. The van der Waals surface area contributed by atoms with Crippen LogP contribution in [-0.2, 0) is 25.9 Å². The predicted octanol–water partition coefficient (Wildman–Crippen LogP) is 2.14. The molecule has 7 heteroatoms. The first-order valence-corrected chi connectivity index (χ1v) is 8.70. The number of rotatable bonds is 6. The van der Waals surface area contributed by atoms with Crippen molar-refractivity contribution in [2.45, 2.75) is 38.4 Å². The molecule has 2 N–H and O–H groups in total. The van der Waals surface area contributed by atoms with Crippen molar-refractivity contribution in [2.75, 3.05) is 6.79 Å². The van der Waals surface area contributed by atoms with Crippen molar-refractivity contribution >= 4 is 5.97 Å². The van der Waals surface area contributed by atoms with Gasteiger partial charge < -0.3 is 19.9 Å². The summed E-state index contributed by atoms with van der Waals surface area (Å²) < 4.78 is 12.5. The van der Waals surface area contributed by atoms with Crippen molar-refractivity contribution in [3.05, 3.63) is 53.4 Å². The fraction of sp³-hybridized carbons (Fsp3) is 0.368. The fourth-order valence-electron chi connectivity index (χ4n) is 3.62. The summed E-state index contributed by atoms with van der Waals surface area (Å²) in [6, 6.07) is 6.13. The Morgan fingerprint density at radius 1 is 1.42 bits per heavy atom. The minimum atomic E-state index is -0.972. The number of carbonyl (C=O) groups is 1. The summed E-state index contributed by atoms with van der Waals surface area (Å²) in [6.07, 6.45) is 4.16. The van der Waals surface area contributed by atoms with Crippen LogP contribution < -0.4 is 14.8 Å². The van der Waals surface area contributed by atoms with Gasteiger partial charge in [-0.15, -0.1) is 6.58 Å². The molecule has 0 saturated heterocycles. The normalized spacial score (nSPS) is 17.8. The molecule has 1 aromatic heterocycles. The number of allylic oxidation sites excluding steroid dienone is 1. The zero-order chi connectivity index (χ0) is 18.1. The van der Waals surface area contributed by atoms with Crippen molar-refractivity contribution < 1.29 is 19.4 Å². The van der Waals surface area contributed by atoms with Crippen LogP contribution in [0.3, 0.4) is 0 Å². The molecule has 1 aliphatic carbocycles. The molecule has 7 nitrogen and oxygen atoms in total. The third-order valence-corrected chi connectivity index (χ3v) is 4.88. The lowest BCUT2D eigenvalue weighted by molar-refractivity contribution is 0.0688. The van der Waals surface area contributed by atoms with Crippen LogP contribution in [0, 0.1) is 0 Å². The number of carboxylic acid groups (broad SMARTS) is 1. The molecule has 0 radical (unpaired) electrons. The van der Waals surface area contributed by atoms with E-state index in [1.807, 2.05) is 18.2 Å². The van der Waals surface area contributed by atoms with E-state index in [9.17, 15) is 9.90 Å². The summed E-state index contributed by atoms with van der Waals surface area (Å²) >= 11 is 0. The van der Waals surface area contributed by atoms with Crippen molar-refractivity contribution in [1.82, 2.24) is 15.1 Å². The average molecular weight is 355 g/mol. The van der Waals surface area contributed by atoms with Crippen LogP contribution in [0.5, 0.6) is 11.5 Å². The van der Waals surface area contributed by atoms with E-state index in [1.165, 1.54) is 0 Å². The van der Waals surface area contributed by atoms with E-state index in [2.05, 4.69) is 17.0 Å². The molecule has 2 aromatic rings. The highest BCUT2D eigenvalue weighted by atomic mass is 16.7. The molecule has 1 atom stereocenters. The number of nitrogens with zero attached hydrogens (tertiary/aromatic N) is 2. The highest BCUT2D eigenvalue weighted by Gasteiger charge is 2.28. The number of hydrogen-bond donors (Lipinski definition) is 2. The smallest absolute Gasteiger partial charge is 0.356 e. The van der Waals surface area contributed by atoms with E-state index < -0.39 is 5.97 Å². The maximum Gasteiger partial charge on any atom is 0.356 e. The standard InChI is InChI=1S/C19H21N3O4/c1-2-7-22-15-5-4-13(9-14(15)18(21-22)19(23)24)20-10-12-3-6-16-17(8-12)26-11-25-16/h2-3,6,8,13,20H,1,4-5,7,9-11H2,(H,23,24)/t13-/m0/s1. The molecule has 2 heterocycles. The second-order valence-electron chi connectivity index (χ2n) is 6.56. The van der Waals surface area contributed by atoms with Crippen LogP contribution in [0.2, 0.25) is 0 Å². The Kier molecular flexibility index (Phi) is 4.38. The van der Waals surface area contributed by atoms with Crippen LogP contribution in [0.15, 0.2) is 30.9 Å². The number of hydrogen-bond acceptors (Lipinski definition) is 5. The van der Waals surface area contributed by atoms with Gasteiger partial charge in [0, 0.05) is 23.8 Å². The number of ether oxygens (including phenoxy) is 2. The van der Waals surface area contributed by atoms with E-state index >= 15 is 0 Å². The van der Waals surface area contributed by atoms with Crippen LogP contribution in [0.25, 0.3) is 0 Å². The minimum absolute atomic E-state index is 0.163. The molecular formula is C19H21N3O4. The van der Waals surface area contributed by atoms with Gasteiger partial charge in [0.2, 0.25) is 6.79 Å². The SMILES string of the molecule is C=CCn1nc(C(=O)O)c2c1CC[C@H](NCc1ccc3c(c1)OCO3)C2. The number of aromatic nitrogens is 2. The van der Waals surface area contributed by atoms with Gasteiger partial charge >= 0.3 is 5.97 Å². The first kappa shape index (κ1) is 16.7. The number of nitrogens with one attached hydrogen (secondary N) is 1. The van der Waals surface area contributed by atoms with Gasteiger partial charge in [-0.3, -0.25) is 4.68 Å². The number of carboxylic acids is 1. The maximum absolute atomic E-state index is 11.5. The Morgan fingerprint density at radius 2 is 2.27 bits per heavy atom. The summed E-state index contributed by atoms with van der Waals surface area (Å²) in [5.74, 6) is 0.575.